The van der Waals surface area contributed by atoms with Crippen molar-refractivity contribution in [2.45, 2.75) is 64.0 Å². The summed E-state index contributed by atoms with van der Waals surface area (Å²) in [6.45, 7) is 3.25. The Morgan fingerprint density at radius 1 is 1.21 bits per heavy atom. The first kappa shape index (κ1) is 10.4. The van der Waals surface area contributed by atoms with Crippen LogP contribution in [-0.4, -0.2) is 23.8 Å². The molecule has 2 unspecified atom stereocenters. The van der Waals surface area contributed by atoms with Crippen LogP contribution < -0.4 is 5.32 Å². The van der Waals surface area contributed by atoms with Crippen molar-refractivity contribution in [3.63, 3.8) is 0 Å². The molecule has 2 heteroatoms. The van der Waals surface area contributed by atoms with Crippen LogP contribution in [0.4, 0.5) is 0 Å². The van der Waals surface area contributed by atoms with E-state index in [0.717, 1.165) is 19.0 Å². The van der Waals surface area contributed by atoms with E-state index in [1.165, 1.54) is 38.5 Å². The van der Waals surface area contributed by atoms with Gasteiger partial charge in [0.15, 0.2) is 0 Å². The summed E-state index contributed by atoms with van der Waals surface area (Å²) in [7, 11) is 0. The Balaban J connectivity index is 1.79. The number of hydrogen-bond acceptors (Lipinski definition) is 2. The third-order valence-electron chi connectivity index (χ3n) is 4.18. The van der Waals surface area contributed by atoms with Gasteiger partial charge in [-0.3, -0.25) is 0 Å². The fraction of sp³-hybridized carbons (Fsp3) is 1.00. The minimum absolute atomic E-state index is 0.0798. The molecule has 2 aliphatic carbocycles. The average molecular weight is 197 g/mol. The molecule has 0 aromatic heterocycles. The second-order valence-corrected chi connectivity index (χ2v) is 5.42. The number of aliphatic hydroxyl groups excluding tert-OH is 1. The molecule has 2 aliphatic rings. The zero-order valence-corrected chi connectivity index (χ0v) is 9.26. The van der Waals surface area contributed by atoms with Crippen molar-refractivity contribution in [3.05, 3.63) is 0 Å². The molecule has 0 aromatic rings. The van der Waals surface area contributed by atoms with Gasteiger partial charge < -0.3 is 10.4 Å². The van der Waals surface area contributed by atoms with Crippen LogP contribution in [0.1, 0.15) is 51.9 Å². The molecule has 14 heavy (non-hydrogen) atoms. The topological polar surface area (TPSA) is 32.3 Å². The summed E-state index contributed by atoms with van der Waals surface area (Å²) in [6, 6.07) is 0.751. The normalized spacial score (nSPS) is 39.4. The first-order valence-electron chi connectivity index (χ1n) is 6.12. The van der Waals surface area contributed by atoms with Crippen LogP contribution in [0, 0.1) is 5.41 Å². The molecule has 0 bridgehead atoms. The van der Waals surface area contributed by atoms with Gasteiger partial charge in [0.2, 0.25) is 0 Å². The molecule has 2 N–H and O–H groups in total. The van der Waals surface area contributed by atoms with Crippen molar-refractivity contribution in [2.75, 3.05) is 6.54 Å². The molecule has 2 saturated carbocycles. The predicted octanol–water partition coefficient (Wildman–Crippen LogP) is 2.07. The van der Waals surface area contributed by atoms with Gasteiger partial charge in [0.1, 0.15) is 0 Å². The second-order valence-electron chi connectivity index (χ2n) is 5.42. The van der Waals surface area contributed by atoms with Crippen molar-refractivity contribution in [2.24, 2.45) is 5.41 Å². The van der Waals surface area contributed by atoms with Crippen LogP contribution in [0.5, 0.6) is 0 Å². The largest absolute Gasteiger partial charge is 0.393 e. The van der Waals surface area contributed by atoms with Crippen LogP contribution in [0.25, 0.3) is 0 Å². The molecule has 0 saturated heterocycles. The highest BCUT2D eigenvalue weighted by Gasteiger charge is 2.35. The van der Waals surface area contributed by atoms with E-state index in [4.69, 9.17) is 0 Å². The smallest absolute Gasteiger partial charge is 0.0605 e. The Kier molecular flexibility index (Phi) is 3.13. The van der Waals surface area contributed by atoms with E-state index < -0.39 is 0 Å². The van der Waals surface area contributed by atoms with Gasteiger partial charge in [-0.15, -0.1) is 0 Å². The zero-order valence-electron chi connectivity index (χ0n) is 9.26. The van der Waals surface area contributed by atoms with E-state index in [-0.39, 0.29) is 11.5 Å². The maximum absolute atomic E-state index is 9.99. The van der Waals surface area contributed by atoms with Gasteiger partial charge in [-0.2, -0.15) is 0 Å². The third-order valence-corrected chi connectivity index (χ3v) is 4.18. The van der Waals surface area contributed by atoms with Gasteiger partial charge in [-0.1, -0.05) is 26.2 Å². The van der Waals surface area contributed by atoms with E-state index in [0.29, 0.717) is 0 Å². The van der Waals surface area contributed by atoms with Gasteiger partial charge in [0, 0.05) is 18.0 Å². The van der Waals surface area contributed by atoms with Crippen molar-refractivity contribution >= 4 is 0 Å². The quantitative estimate of drug-likeness (QED) is 0.726. The standard InChI is InChI=1S/C12H23NO/c1-12(8-3-2-7-11(12)14)9-13-10-5-4-6-10/h10-11,13-14H,2-9H2,1H3. The maximum atomic E-state index is 9.99. The number of aliphatic hydroxyl groups is 1. The molecule has 0 amide bonds. The molecule has 0 aliphatic heterocycles. The SMILES string of the molecule is CC1(CNC2CCC2)CCCCC1O. The molecule has 2 fully saturated rings. The maximum Gasteiger partial charge on any atom is 0.0605 e. The van der Waals surface area contributed by atoms with E-state index in [1.807, 2.05) is 0 Å². The summed E-state index contributed by atoms with van der Waals surface area (Å²) >= 11 is 0. The highest BCUT2D eigenvalue weighted by molar-refractivity contribution is 4.90. The van der Waals surface area contributed by atoms with Gasteiger partial charge in [-0.05, 0) is 25.7 Å². The molecule has 0 spiro atoms. The molecule has 0 radical (unpaired) electrons. The van der Waals surface area contributed by atoms with Crippen molar-refractivity contribution < 1.29 is 5.11 Å². The van der Waals surface area contributed by atoms with Crippen molar-refractivity contribution in [1.82, 2.24) is 5.32 Å². The lowest BCUT2D eigenvalue weighted by Gasteiger charge is -2.40. The van der Waals surface area contributed by atoms with Gasteiger partial charge in [0.05, 0.1) is 6.10 Å². The Bertz CT molecular complexity index is 191. The van der Waals surface area contributed by atoms with Gasteiger partial charge in [-0.25, -0.2) is 0 Å². The minimum atomic E-state index is -0.0798. The highest BCUT2D eigenvalue weighted by Crippen LogP contribution is 2.36. The van der Waals surface area contributed by atoms with Crippen LogP contribution in [0.2, 0.25) is 0 Å². The Morgan fingerprint density at radius 2 is 2.00 bits per heavy atom. The molecule has 0 aromatic carbocycles. The molecule has 0 heterocycles. The van der Waals surface area contributed by atoms with Crippen LogP contribution in [-0.2, 0) is 0 Å². The Hall–Kier alpha value is -0.0800. The first-order chi connectivity index (χ1) is 6.71. The fourth-order valence-electron chi connectivity index (χ4n) is 2.58. The molecular formula is C12H23NO. The van der Waals surface area contributed by atoms with E-state index in [2.05, 4.69) is 12.2 Å². The highest BCUT2D eigenvalue weighted by atomic mass is 16.3. The molecule has 2 nitrogen and oxygen atoms in total. The zero-order chi connectivity index (χ0) is 10.0. The number of nitrogens with one attached hydrogen (secondary N) is 1. The summed E-state index contributed by atoms with van der Waals surface area (Å²) < 4.78 is 0. The summed E-state index contributed by atoms with van der Waals surface area (Å²) in [4.78, 5) is 0. The summed E-state index contributed by atoms with van der Waals surface area (Å²) in [5.74, 6) is 0. The fourth-order valence-corrected chi connectivity index (χ4v) is 2.58. The van der Waals surface area contributed by atoms with Crippen molar-refractivity contribution in [1.29, 1.82) is 0 Å². The van der Waals surface area contributed by atoms with Crippen LogP contribution >= 0.6 is 0 Å². The Labute approximate surface area is 87.1 Å². The first-order valence-corrected chi connectivity index (χ1v) is 6.12. The summed E-state index contributed by atoms with van der Waals surface area (Å²) in [5, 5.41) is 13.6. The lowest BCUT2D eigenvalue weighted by Crippen LogP contribution is -2.47. The average Bonchev–Trinajstić information content (AvgIpc) is 2.08. The monoisotopic (exact) mass is 197 g/mol. The lowest BCUT2D eigenvalue weighted by atomic mass is 9.73. The lowest BCUT2D eigenvalue weighted by molar-refractivity contribution is -0.00183. The van der Waals surface area contributed by atoms with Crippen molar-refractivity contribution in [3.8, 4) is 0 Å². The molecule has 82 valence electrons. The summed E-state index contributed by atoms with van der Waals surface area (Å²) in [6.07, 6.45) is 8.68. The molecule has 2 atom stereocenters. The molecule has 2 rings (SSSR count). The van der Waals surface area contributed by atoms with Crippen LogP contribution in [0.3, 0.4) is 0 Å². The van der Waals surface area contributed by atoms with Gasteiger partial charge in [0.25, 0.3) is 0 Å². The number of hydrogen-bond donors (Lipinski definition) is 2. The summed E-state index contributed by atoms with van der Waals surface area (Å²) in [5.41, 5.74) is 0.147. The third kappa shape index (κ3) is 2.12. The predicted molar refractivity (Wildman–Crippen MR) is 58.2 cm³/mol. The number of rotatable bonds is 3. The van der Waals surface area contributed by atoms with Crippen LogP contribution in [0.15, 0.2) is 0 Å². The minimum Gasteiger partial charge on any atom is -0.393 e. The molecular weight excluding hydrogens is 174 g/mol. The Morgan fingerprint density at radius 3 is 2.57 bits per heavy atom. The second kappa shape index (κ2) is 4.19. The van der Waals surface area contributed by atoms with E-state index >= 15 is 0 Å². The van der Waals surface area contributed by atoms with E-state index in [9.17, 15) is 5.11 Å². The van der Waals surface area contributed by atoms with E-state index in [1.54, 1.807) is 0 Å². The van der Waals surface area contributed by atoms with Gasteiger partial charge >= 0.3 is 0 Å².